The number of hydrogen-bond donors (Lipinski definition) is 0. The maximum absolute atomic E-state index is 11.8. The number of methoxy groups -OCH3 is 1. The first kappa shape index (κ1) is 10.4. The third-order valence-corrected chi connectivity index (χ3v) is 3.61. The molecule has 0 saturated carbocycles. The topological polar surface area (TPSA) is 38.8 Å². The number of ether oxygens (including phenoxy) is 2. The number of rotatable bonds is 1. The summed E-state index contributed by atoms with van der Waals surface area (Å²) in [6.07, 6.45) is 1.67. The fourth-order valence-corrected chi connectivity index (χ4v) is 2.71. The van der Waals surface area contributed by atoms with Gasteiger partial charge in [-0.05, 0) is 43.5 Å². The molecule has 17 heavy (non-hydrogen) atoms. The third-order valence-electron chi connectivity index (χ3n) is 3.61. The monoisotopic (exact) mass is 233 g/mol. The van der Waals surface area contributed by atoms with Crippen molar-refractivity contribution in [1.29, 1.82) is 0 Å². The van der Waals surface area contributed by atoms with E-state index < -0.39 is 0 Å². The lowest BCUT2D eigenvalue weighted by molar-refractivity contribution is 0.140. The smallest absolute Gasteiger partial charge is 0.415 e. The molecule has 3 rings (SSSR count). The molecule has 1 aromatic carbocycles. The first-order chi connectivity index (χ1) is 8.20. The van der Waals surface area contributed by atoms with Gasteiger partial charge in [-0.3, -0.25) is 4.90 Å². The summed E-state index contributed by atoms with van der Waals surface area (Å²) in [4.78, 5) is 13.6. The van der Waals surface area contributed by atoms with Crippen LogP contribution in [-0.2, 0) is 11.2 Å². The number of anilines is 1. The van der Waals surface area contributed by atoms with E-state index in [1.54, 1.807) is 12.0 Å². The van der Waals surface area contributed by atoms with Gasteiger partial charge in [0, 0.05) is 0 Å². The van der Waals surface area contributed by atoms with Crippen LogP contribution in [0.4, 0.5) is 10.5 Å². The highest BCUT2D eigenvalue weighted by atomic mass is 16.6. The molecule has 0 bridgehead atoms. The molecule has 1 fully saturated rings. The summed E-state index contributed by atoms with van der Waals surface area (Å²) in [5.41, 5.74) is 2.13. The van der Waals surface area contributed by atoms with Crippen molar-refractivity contribution in [3.05, 3.63) is 23.8 Å². The van der Waals surface area contributed by atoms with Crippen LogP contribution in [0, 0.1) is 0 Å². The molecule has 90 valence electrons. The zero-order valence-electron chi connectivity index (χ0n) is 9.97. The molecule has 0 unspecified atom stereocenters. The minimum absolute atomic E-state index is 0.0160. The minimum Gasteiger partial charge on any atom is -0.497 e. The van der Waals surface area contributed by atoms with Crippen molar-refractivity contribution < 1.29 is 14.3 Å². The van der Waals surface area contributed by atoms with E-state index in [9.17, 15) is 4.79 Å². The summed E-state index contributed by atoms with van der Waals surface area (Å²) in [7, 11) is 1.65. The average molecular weight is 233 g/mol. The zero-order chi connectivity index (χ0) is 12.0. The average Bonchev–Trinajstić information content (AvgIpc) is 2.64. The molecule has 4 nitrogen and oxygen atoms in total. The lowest BCUT2D eigenvalue weighted by Gasteiger charge is -2.30. The molecule has 0 radical (unpaired) electrons. The number of hydrogen-bond acceptors (Lipinski definition) is 3. The maximum atomic E-state index is 11.8. The van der Waals surface area contributed by atoms with Crippen molar-refractivity contribution in [2.24, 2.45) is 0 Å². The van der Waals surface area contributed by atoms with Gasteiger partial charge in [-0.15, -0.1) is 0 Å². The molecule has 0 aromatic heterocycles. The summed E-state index contributed by atoms with van der Waals surface area (Å²) >= 11 is 0. The van der Waals surface area contributed by atoms with Crippen LogP contribution in [0.5, 0.6) is 5.75 Å². The minimum atomic E-state index is -0.228. The van der Waals surface area contributed by atoms with E-state index >= 15 is 0 Å². The molecule has 0 spiro atoms. The second kappa shape index (κ2) is 3.65. The van der Waals surface area contributed by atoms with Gasteiger partial charge in [-0.1, -0.05) is 0 Å². The maximum Gasteiger partial charge on any atom is 0.415 e. The van der Waals surface area contributed by atoms with Gasteiger partial charge >= 0.3 is 6.09 Å². The fourth-order valence-electron chi connectivity index (χ4n) is 2.71. The molecule has 2 heterocycles. The van der Waals surface area contributed by atoms with Gasteiger partial charge in [0.2, 0.25) is 0 Å². The molecule has 4 heteroatoms. The lowest BCUT2D eigenvalue weighted by Crippen LogP contribution is -2.39. The van der Waals surface area contributed by atoms with Crippen molar-refractivity contribution in [2.75, 3.05) is 12.0 Å². The largest absolute Gasteiger partial charge is 0.497 e. The summed E-state index contributed by atoms with van der Waals surface area (Å²) in [6, 6.07) is 6.02. The zero-order valence-corrected chi connectivity index (χ0v) is 9.97. The molecule has 0 N–H and O–H groups in total. The van der Waals surface area contributed by atoms with Crippen molar-refractivity contribution in [3.8, 4) is 5.75 Å². The number of carbonyl (C=O) groups excluding carboxylic acids is 1. The molecule has 2 aliphatic rings. The van der Waals surface area contributed by atoms with Crippen LogP contribution in [-0.4, -0.2) is 25.3 Å². The van der Waals surface area contributed by atoms with E-state index in [2.05, 4.69) is 0 Å². The first-order valence-electron chi connectivity index (χ1n) is 5.87. The predicted octanol–water partition coefficient (Wildman–Crippen LogP) is 2.36. The highest BCUT2D eigenvalue weighted by molar-refractivity contribution is 5.92. The summed E-state index contributed by atoms with van der Waals surface area (Å²) in [5.74, 6) is 0.836. The Morgan fingerprint density at radius 2 is 2.29 bits per heavy atom. The van der Waals surface area contributed by atoms with Crippen LogP contribution in [0.25, 0.3) is 0 Å². The fraction of sp³-hybridized carbons (Fsp3) is 0.462. The molecule has 1 aromatic rings. The Kier molecular flexibility index (Phi) is 2.24. The summed E-state index contributed by atoms with van der Waals surface area (Å²) in [5, 5.41) is 0. The van der Waals surface area contributed by atoms with Gasteiger partial charge in [0.05, 0.1) is 18.8 Å². The van der Waals surface area contributed by atoms with Crippen molar-refractivity contribution >= 4 is 11.8 Å². The number of carbonyl (C=O) groups is 1. The van der Waals surface area contributed by atoms with Crippen LogP contribution in [0.1, 0.15) is 18.9 Å². The van der Waals surface area contributed by atoms with E-state index in [1.807, 2.05) is 25.1 Å². The summed E-state index contributed by atoms with van der Waals surface area (Å²) in [6.45, 7) is 1.96. The Morgan fingerprint density at radius 3 is 3.06 bits per heavy atom. The SMILES string of the molecule is COc1ccc2c(c1)CC[C@H]1[C@@H](C)OC(=O)N21. The van der Waals surface area contributed by atoms with E-state index in [4.69, 9.17) is 9.47 Å². The van der Waals surface area contributed by atoms with Gasteiger partial charge in [-0.25, -0.2) is 4.79 Å². The van der Waals surface area contributed by atoms with Gasteiger partial charge in [0.25, 0.3) is 0 Å². The van der Waals surface area contributed by atoms with Crippen LogP contribution < -0.4 is 9.64 Å². The molecular formula is C13H15NO3. The molecule has 2 aliphatic heterocycles. The van der Waals surface area contributed by atoms with Crippen LogP contribution >= 0.6 is 0 Å². The van der Waals surface area contributed by atoms with Gasteiger partial charge in [0.1, 0.15) is 11.9 Å². The molecule has 0 aliphatic carbocycles. The number of amides is 1. The van der Waals surface area contributed by atoms with E-state index in [1.165, 1.54) is 0 Å². The number of cyclic esters (lactones) is 1. The van der Waals surface area contributed by atoms with E-state index in [0.717, 1.165) is 29.8 Å². The van der Waals surface area contributed by atoms with Crippen LogP contribution in [0.2, 0.25) is 0 Å². The Bertz CT molecular complexity index is 472. The molecule has 1 amide bonds. The third kappa shape index (κ3) is 1.47. The van der Waals surface area contributed by atoms with Gasteiger partial charge < -0.3 is 9.47 Å². The second-order valence-electron chi connectivity index (χ2n) is 4.56. The van der Waals surface area contributed by atoms with E-state index in [0.29, 0.717) is 0 Å². The first-order valence-corrected chi connectivity index (χ1v) is 5.87. The Labute approximate surface area is 100 Å². The highest BCUT2D eigenvalue weighted by Gasteiger charge is 2.42. The summed E-state index contributed by atoms with van der Waals surface area (Å²) < 4.78 is 10.5. The Balaban J connectivity index is 2.04. The quantitative estimate of drug-likeness (QED) is 0.747. The molecule has 1 saturated heterocycles. The molecular weight excluding hydrogens is 218 g/mol. The van der Waals surface area contributed by atoms with Crippen LogP contribution in [0.3, 0.4) is 0 Å². The highest BCUT2D eigenvalue weighted by Crippen LogP contribution is 2.38. The standard InChI is InChI=1S/C13H15NO3/c1-8-11-5-3-9-7-10(16-2)4-6-12(9)14(11)13(15)17-8/h4,6-8,11H,3,5H2,1-2H3/t8-,11+/m1/s1. The van der Waals surface area contributed by atoms with Crippen molar-refractivity contribution in [1.82, 2.24) is 0 Å². The Morgan fingerprint density at radius 1 is 1.47 bits per heavy atom. The Hall–Kier alpha value is -1.71. The normalized spacial score (nSPS) is 26.2. The van der Waals surface area contributed by atoms with Gasteiger partial charge in [0.15, 0.2) is 0 Å². The van der Waals surface area contributed by atoms with E-state index in [-0.39, 0.29) is 18.2 Å². The second-order valence-corrected chi connectivity index (χ2v) is 4.56. The number of nitrogens with zero attached hydrogens (tertiary/aromatic N) is 1. The number of fused-ring (bicyclic) bond motifs is 3. The lowest BCUT2D eigenvalue weighted by atomic mass is 9.94. The van der Waals surface area contributed by atoms with Crippen molar-refractivity contribution in [3.63, 3.8) is 0 Å². The van der Waals surface area contributed by atoms with Crippen molar-refractivity contribution in [2.45, 2.75) is 31.9 Å². The van der Waals surface area contributed by atoms with Gasteiger partial charge in [-0.2, -0.15) is 0 Å². The van der Waals surface area contributed by atoms with Crippen LogP contribution in [0.15, 0.2) is 18.2 Å². The molecule has 2 atom stereocenters. The number of aryl methyl sites for hydroxylation is 1. The number of benzene rings is 1. The predicted molar refractivity (Wildman–Crippen MR) is 63.5 cm³/mol.